The number of allylic oxidation sites excluding steroid dienone is 1. The highest BCUT2D eigenvalue weighted by Gasteiger charge is 2.80. The molecule has 3 saturated heterocycles. The summed E-state index contributed by atoms with van der Waals surface area (Å²) in [5.74, 6) is -2.72. The van der Waals surface area contributed by atoms with Gasteiger partial charge in [0.1, 0.15) is 17.6 Å². The van der Waals surface area contributed by atoms with Gasteiger partial charge in [-0.25, -0.2) is 0 Å². The number of aliphatic hydroxyl groups is 1. The largest absolute Gasteiger partial charge is 0.465 e. The van der Waals surface area contributed by atoms with E-state index < -0.39 is 40.6 Å². The van der Waals surface area contributed by atoms with Gasteiger partial charge in [-0.05, 0) is 59.3 Å². The van der Waals surface area contributed by atoms with Crippen molar-refractivity contribution in [3.05, 3.63) is 25.3 Å². The van der Waals surface area contributed by atoms with Gasteiger partial charge in [0.25, 0.3) is 0 Å². The second-order valence-corrected chi connectivity index (χ2v) is 11.3. The van der Waals surface area contributed by atoms with E-state index in [0.717, 1.165) is 12.8 Å². The van der Waals surface area contributed by atoms with E-state index in [0.29, 0.717) is 19.4 Å². The van der Waals surface area contributed by atoms with E-state index >= 15 is 0 Å². The van der Waals surface area contributed by atoms with Crippen molar-refractivity contribution in [3.63, 3.8) is 0 Å². The number of rotatable bonds is 11. The normalized spacial score (nSPS) is 33.5. The Morgan fingerprint density at radius 1 is 1.29 bits per heavy atom. The molecule has 0 aliphatic carbocycles. The number of fused-ring (bicyclic) bond motifs is 1. The second-order valence-electron chi connectivity index (χ2n) is 11.3. The van der Waals surface area contributed by atoms with Crippen LogP contribution in [0.4, 0.5) is 0 Å². The zero-order valence-electron chi connectivity index (χ0n) is 21.9. The zero-order valence-corrected chi connectivity index (χ0v) is 21.9. The van der Waals surface area contributed by atoms with Crippen molar-refractivity contribution in [2.75, 3.05) is 26.3 Å². The van der Waals surface area contributed by atoms with Crippen LogP contribution in [0.25, 0.3) is 0 Å². The van der Waals surface area contributed by atoms with Crippen LogP contribution in [0, 0.1) is 17.8 Å². The van der Waals surface area contributed by atoms with Crippen LogP contribution in [0.5, 0.6) is 0 Å². The number of unbranched alkanes of at least 4 members (excludes halogenated alkanes) is 2. The van der Waals surface area contributed by atoms with Crippen molar-refractivity contribution in [2.24, 2.45) is 17.8 Å². The Morgan fingerprint density at radius 2 is 1.97 bits per heavy atom. The van der Waals surface area contributed by atoms with Crippen LogP contribution >= 0.6 is 0 Å². The van der Waals surface area contributed by atoms with Gasteiger partial charge in [0.15, 0.2) is 0 Å². The Balaban J connectivity index is 2.00. The number of esters is 1. The number of carbonyl (C=O) groups is 3. The van der Waals surface area contributed by atoms with Crippen LogP contribution in [-0.4, -0.2) is 81.8 Å². The summed E-state index contributed by atoms with van der Waals surface area (Å²) in [6, 6.07) is -0.930. The topological polar surface area (TPSA) is 96.4 Å². The SMILES string of the molecule is C=CCCCCOC(=O)[C@@H]1[C@H]2C(=O)N(CCO)C(C(=O)N(CC=C)C(C)(C)C)C23CC(C)[C@@]1(C)O3. The highest BCUT2D eigenvalue weighted by Crippen LogP contribution is 2.65. The van der Waals surface area contributed by atoms with Crippen LogP contribution in [0.1, 0.15) is 60.3 Å². The third kappa shape index (κ3) is 4.44. The Bertz CT molecular complexity index is 866. The molecule has 3 heterocycles. The fraction of sp³-hybridized carbons (Fsp3) is 0.741. The predicted molar refractivity (Wildman–Crippen MR) is 132 cm³/mol. The molecule has 3 fully saturated rings. The molecule has 1 N–H and O–H groups in total. The highest BCUT2D eigenvalue weighted by molar-refractivity contribution is 5.98. The molecule has 1 spiro atoms. The van der Waals surface area contributed by atoms with Gasteiger partial charge in [0.2, 0.25) is 11.8 Å². The molecule has 0 aromatic carbocycles. The summed E-state index contributed by atoms with van der Waals surface area (Å²) in [5, 5.41) is 9.77. The Hall–Kier alpha value is -2.19. The number of β-amino-alcohol motifs (C(OH)–C–C–N with tert-alkyl or cyclic N) is 1. The van der Waals surface area contributed by atoms with Crippen LogP contribution in [0.15, 0.2) is 25.3 Å². The van der Waals surface area contributed by atoms with Gasteiger partial charge >= 0.3 is 5.97 Å². The minimum atomic E-state index is -1.14. The van der Waals surface area contributed by atoms with Crippen LogP contribution in [-0.2, 0) is 23.9 Å². The predicted octanol–water partition coefficient (Wildman–Crippen LogP) is 2.70. The molecule has 3 rings (SSSR count). The van der Waals surface area contributed by atoms with Crippen molar-refractivity contribution in [1.82, 2.24) is 9.80 Å². The number of nitrogens with zero attached hydrogens (tertiary/aromatic N) is 2. The summed E-state index contributed by atoms with van der Waals surface area (Å²) in [7, 11) is 0. The van der Waals surface area contributed by atoms with E-state index in [1.165, 1.54) is 4.90 Å². The Morgan fingerprint density at radius 3 is 2.54 bits per heavy atom. The summed E-state index contributed by atoms with van der Waals surface area (Å²) in [6.45, 7) is 17.4. The van der Waals surface area contributed by atoms with Crippen molar-refractivity contribution in [3.8, 4) is 0 Å². The average molecular weight is 491 g/mol. The monoisotopic (exact) mass is 490 g/mol. The van der Waals surface area contributed by atoms with E-state index in [1.807, 2.05) is 40.7 Å². The van der Waals surface area contributed by atoms with Crippen LogP contribution < -0.4 is 0 Å². The zero-order chi connectivity index (χ0) is 26.2. The molecule has 196 valence electrons. The molecule has 35 heavy (non-hydrogen) atoms. The first-order valence-electron chi connectivity index (χ1n) is 12.7. The Labute approximate surface area is 209 Å². The number of aliphatic hydroxyl groups excluding tert-OH is 1. The van der Waals surface area contributed by atoms with Gasteiger partial charge in [0, 0.05) is 18.6 Å². The highest BCUT2D eigenvalue weighted by atomic mass is 16.6. The molecule has 0 saturated carbocycles. The van der Waals surface area contributed by atoms with Gasteiger partial charge in [0.05, 0.1) is 24.7 Å². The smallest absolute Gasteiger partial charge is 0.312 e. The summed E-state index contributed by atoms with van der Waals surface area (Å²) in [5.41, 5.74) is -2.58. The minimum absolute atomic E-state index is 0.00264. The number of hydrogen-bond acceptors (Lipinski definition) is 6. The molecule has 0 radical (unpaired) electrons. The van der Waals surface area contributed by atoms with Crippen LogP contribution in [0.3, 0.4) is 0 Å². The standard InChI is InChI=1S/C27H42N2O6/c1-8-10-11-12-16-34-24(33)20-19-22(31)28(14-15-30)21(23(32)29(13-9-2)25(4,5)6)27(19)17-18(3)26(20,7)35-27/h8-9,18-21,30H,1-2,10-17H2,3-7H3/t18?,19-,20-,21?,26+,27?/m0/s1. The summed E-state index contributed by atoms with van der Waals surface area (Å²) in [6.07, 6.45) is 6.39. The van der Waals surface area contributed by atoms with E-state index in [-0.39, 0.29) is 37.5 Å². The quantitative estimate of drug-likeness (QED) is 0.272. The molecule has 8 heteroatoms. The average Bonchev–Trinajstić information content (AvgIpc) is 3.28. The maximum Gasteiger partial charge on any atom is 0.312 e. The van der Waals surface area contributed by atoms with E-state index in [4.69, 9.17) is 9.47 Å². The minimum Gasteiger partial charge on any atom is -0.465 e. The van der Waals surface area contributed by atoms with Gasteiger partial charge in [-0.3, -0.25) is 14.4 Å². The molecule has 2 bridgehead atoms. The van der Waals surface area contributed by atoms with Crippen molar-refractivity contribution >= 4 is 17.8 Å². The molecular weight excluding hydrogens is 448 g/mol. The molecule has 3 unspecified atom stereocenters. The van der Waals surface area contributed by atoms with Crippen molar-refractivity contribution < 1.29 is 29.0 Å². The van der Waals surface area contributed by atoms with Gasteiger partial charge in [-0.15, -0.1) is 13.2 Å². The summed E-state index contributed by atoms with van der Waals surface area (Å²) < 4.78 is 12.3. The maximum absolute atomic E-state index is 14.1. The lowest BCUT2D eigenvalue weighted by atomic mass is 9.62. The molecule has 8 nitrogen and oxygen atoms in total. The summed E-state index contributed by atoms with van der Waals surface area (Å²) in [4.78, 5) is 44.4. The van der Waals surface area contributed by atoms with E-state index in [1.54, 1.807) is 11.0 Å². The Kier molecular flexibility index (Phi) is 7.87. The first-order valence-corrected chi connectivity index (χ1v) is 12.7. The number of hydrogen-bond donors (Lipinski definition) is 1. The van der Waals surface area contributed by atoms with Gasteiger partial charge in [-0.1, -0.05) is 19.1 Å². The van der Waals surface area contributed by atoms with Gasteiger partial charge < -0.3 is 24.4 Å². The lowest BCUT2D eigenvalue weighted by Gasteiger charge is -2.42. The number of likely N-dealkylation sites (tertiary alicyclic amines) is 1. The number of amides is 2. The molecule has 0 aromatic heterocycles. The third-order valence-corrected chi connectivity index (χ3v) is 8.08. The van der Waals surface area contributed by atoms with Crippen molar-refractivity contribution in [2.45, 2.75) is 83.1 Å². The summed E-state index contributed by atoms with van der Waals surface area (Å²) >= 11 is 0. The van der Waals surface area contributed by atoms with Crippen molar-refractivity contribution in [1.29, 1.82) is 0 Å². The van der Waals surface area contributed by atoms with E-state index in [2.05, 4.69) is 13.2 Å². The van der Waals surface area contributed by atoms with Gasteiger partial charge in [-0.2, -0.15) is 0 Å². The third-order valence-electron chi connectivity index (χ3n) is 8.08. The molecule has 6 atom stereocenters. The first-order chi connectivity index (χ1) is 16.4. The lowest BCUT2D eigenvalue weighted by molar-refractivity contribution is -0.163. The molecule has 0 aromatic rings. The lowest BCUT2D eigenvalue weighted by Crippen LogP contribution is -2.60. The number of ether oxygens (including phenoxy) is 2. The van der Waals surface area contributed by atoms with E-state index in [9.17, 15) is 19.5 Å². The molecule has 3 aliphatic rings. The second kappa shape index (κ2) is 10.1. The fourth-order valence-electron chi connectivity index (χ4n) is 6.35. The number of carbonyl (C=O) groups excluding carboxylic acids is 3. The molecule has 3 aliphatic heterocycles. The maximum atomic E-state index is 14.1. The molecule has 2 amide bonds. The first kappa shape index (κ1) is 27.4. The van der Waals surface area contributed by atoms with Crippen LogP contribution in [0.2, 0.25) is 0 Å². The fourth-order valence-corrected chi connectivity index (χ4v) is 6.35. The molecular formula is C27H42N2O6.